The first kappa shape index (κ1) is 33.4. The Morgan fingerprint density at radius 2 is 1.62 bits per heavy atom. The topological polar surface area (TPSA) is 49.4 Å². The highest BCUT2D eigenvalue weighted by atomic mass is 16.2. The molecular weight excluding hydrogens is 480 g/mol. The number of allylic oxidation sites excluding steroid dienone is 3. The molecule has 0 aromatic heterocycles. The fourth-order valence-electron chi connectivity index (χ4n) is 6.29. The summed E-state index contributed by atoms with van der Waals surface area (Å²) in [6.07, 6.45) is 18.5. The maximum absolute atomic E-state index is 13.2. The smallest absolute Gasteiger partial charge is 0.226 e. The van der Waals surface area contributed by atoms with Gasteiger partial charge in [0.2, 0.25) is 11.8 Å². The van der Waals surface area contributed by atoms with Crippen molar-refractivity contribution in [3.63, 3.8) is 0 Å². The second-order valence-electron chi connectivity index (χ2n) is 15.8. The SMILES string of the molecule is C=C/C(=C\C=C/CCCCCC(C)(C)CCC1C(=O)NCC1(C)C)CN1CC(C)(C)C(CCC(C)(C)C)C1=O. The molecule has 1 N–H and O–H groups in total. The molecular formula is C35H60N2O2. The van der Waals surface area contributed by atoms with Crippen LogP contribution in [0, 0.1) is 33.5 Å². The summed E-state index contributed by atoms with van der Waals surface area (Å²) in [7, 11) is 0. The summed E-state index contributed by atoms with van der Waals surface area (Å²) in [6, 6.07) is 0. The van der Waals surface area contributed by atoms with E-state index >= 15 is 0 Å². The number of hydrogen-bond acceptors (Lipinski definition) is 2. The van der Waals surface area contributed by atoms with Crippen molar-refractivity contribution in [3.8, 4) is 0 Å². The van der Waals surface area contributed by atoms with Gasteiger partial charge in [-0.25, -0.2) is 0 Å². The lowest BCUT2D eigenvalue weighted by molar-refractivity contribution is -0.131. The van der Waals surface area contributed by atoms with Crippen LogP contribution in [0.2, 0.25) is 0 Å². The van der Waals surface area contributed by atoms with Gasteiger partial charge >= 0.3 is 0 Å². The maximum atomic E-state index is 13.2. The molecule has 2 rings (SSSR count). The Hall–Kier alpha value is -1.84. The Morgan fingerprint density at radius 3 is 2.21 bits per heavy atom. The van der Waals surface area contributed by atoms with Gasteiger partial charge in [0, 0.05) is 31.5 Å². The minimum absolute atomic E-state index is 0.0146. The number of carbonyl (C=O) groups is 2. The van der Waals surface area contributed by atoms with Crippen molar-refractivity contribution in [1.29, 1.82) is 0 Å². The summed E-state index contributed by atoms with van der Waals surface area (Å²) in [4.78, 5) is 27.5. The van der Waals surface area contributed by atoms with Crippen LogP contribution in [0.4, 0.5) is 0 Å². The zero-order valence-corrected chi connectivity index (χ0v) is 26.9. The highest BCUT2D eigenvalue weighted by molar-refractivity contribution is 5.82. The Kier molecular flexibility index (Phi) is 11.7. The molecule has 0 aliphatic carbocycles. The summed E-state index contributed by atoms with van der Waals surface area (Å²) >= 11 is 0. The molecule has 0 bridgehead atoms. The first-order valence-electron chi connectivity index (χ1n) is 15.5. The van der Waals surface area contributed by atoms with Crippen LogP contribution >= 0.6 is 0 Å². The van der Waals surface area contributed by atoms with E-state index in [0.29, 0.717) is 12.5 Å². The number of likely N-dealkylation sites (tertiary alicyclic amines) is 1. The molecule has 0 saturated carbocycles. The predicted octanol–water partition coefficient (Wildman–Crippen LogP) is 8.50. The van der Waals surface area contributed by atoms with E-state index in [0.717, 1.165) is 50.8 Å². The van der Waals surface area contributed by atoms with E-state index in [1.165, 1.54) is 25.7 Å². The summed E-state index contributed by atoms with van der Waals surface area (Å²) < 4.78 is 0. The molecule has 4 nitrogen and oxygen atoms in total. The van der Waals surface area contributed by atoms with Crippen molar-refractivity contribution in [2.45, 2.75) is 120 Å². The van der Waals surface area contributed by atoms with Crippen LogP contribution in [0.1, 0.15) is 120 Å². The van der Waals surface area contributed by atoms with Crippen molar-refractivity contribution in [2.24, 2.45) is 33.5 Å². The highest BCUT2D eigenvalue weighted by Gasteiger charge is 2.46. The lowest BCUT2D eigenvalue weighted by Crippen LogP contribution is -2.29. The first-order chi connectivity index (χ1) is 18.0. The lowest BCUT2D eigenvalue weighted by Gasteiger charge is -2.29. The van der Waals surface area contributed by atoms with Crippen molar-refractivity contribution in [2.75, 3.05) is 19.6 Å². The van der Waals surface area contributed by atoms with Gasteiger partial charge < -0.3 is 10.2 Å². The molecule has 2 saturated heterocycles. The molecule has 2 fully saturated rings. The van der Waals surface area contributed by atoms with Gasteiger partial charge in [-0.05, 0) is 72.2 Å². The molecule has 4 heteroatoms. The van der Waals surface area contributed by atoms with Crippen LogP contribution < -0.4 is 5.32 Å². The van der Waals surface area contributed by atoms with E-state index in [1.807, 2.05) is 11.0 Å². The number of rotatable bonds is 15. The Morgan fingerprint density at radius 1 is 0.949 bits per heavy atom. The van der Waals surface area contributed by atoms with E-state index in [2.05, 4.69) is 92.4 Å². The van der Waals surface area contributed by atoms with Gasteiger partial charge in [0.15, 0.2) is 0 Å². The average Bonchev–Trinajstić information content (AvgIpc) is 3.20. The van der Waals surface area contributed by atoms with E-state index < -0.39 is 0 Å². The molecule has 0 spiro atoms. The van der Waals surface area contributed by atoms with Gasteiger partial charge in [-0.1, -0.05) is 106 Å². The van der Waals surface area contributed by atoms with Crippen molar-refractivity contribution < 1.29 is 9.59 Å². The van der Waals surface area contributed by atoms with Crippen LogP contribution in [0.15, 0.2) is 36.5 Å². The minimum atomic E-state index is 0.0146. The van der Waals surface area contributed by atoms with Crippen molar-refractivity contribution >= 4 is 11.8 Å². The van der Waals surface area contributed by atoms with Crippen molar-refractivity contribution in [1.82, 2.24) is 10.2 Å². The zero-order valence-electron chi connectivity index (χ0n) is 26.9. The summed E-state index contributed by atoms with van der Waals surface area (Å²) in [5.74, 6) is 0.810. The Balaban J connectivity index is 1.71. The minimum Gasteiger partial charge on any atom is -0.355 e. The third-order valence-electron chi connectivity index (χ3n) is 9.23. The van der Waals surface area contributed by atoms with Gasteiger partial charge in [-0.2, -0.15) is 0 Å². The molecule has 39 heavy (non-hydrogen) atoms. The molecule has 2 aliphatic rings. The second kappa shape index (κ2) is 13.7. The number of nitrogens with zero attached hydrogens (tertiary/aromatic N) is 1. The highest BCUT2D eigenvalue weighted by Crippen LogP contribution is 2.41. The monoisotopic (exact) mass is 540 g/mol. The van der Waals surface area contributed by atoms with Crippen LogP contribution in [-0.4, -0.2) is 36.3 Å². The van der Waals surface area contributed by atoms with Gasteiger partial charge in [0.25, 0.3) is 0 Å². The molecule has 2 heterocycles. The van der Waals surface area contributed by atoms with Gasteiger partial charge in [-0.3, -0.25) is 9.59 Å². The summed E-state index contributed by atoms with van der Waals surface area (Å²) in [5, 5.41) is 3.04. The molecule has 0 aromatic rings. The Labute approximate surface area is 241 Å². The molecule has 222 valence electrons. The van der Waals surface area contributed by atoms with Crippen LogP contribution in [0.5, 0.6) is 0 Å². The third-order valence-corrected chi connectivity index (χ3v) is 9.23. The fraction of sp³-hybridized carbons (Fsp3) is 0.771. The molecule has 0 aromatic carbocycles. The third kappa shape index (κ3) is 10.6. The Bertz CT molecular complexity index is 900. The average molecular weight is 541 g/mol. The van der Waals surface area contributed by atoms with Gasteiger partial charge in [0.05, 0.1) is 0 Å². The molecule has 0 radical (unpaired) electrons. The molecule has 2 aliphatic heterocycles. The number of hydrogen-bond donors (Lipinski definition) is 1. The normalized spacial score (nSPS) is 23.6. The quantitative estimate of drug-likeness (QED) is 0.167. The van der Waals surface area contributed by atoms with Gasteiger partial charge in [0.1, 0.15) is 0 Å². The fourth-order valence-corrected chi connectivity index (χ4v) is 6.29. The van der Waals surface area contributed by atoms with E-state index in [9.17, 15) is 9.59 Å². The maximum Gasteiger partial charge on any atom is 0.226 e. The van der Waals surface area contributed by atoms with Gasteiger partial charge in [-0.15, -0.1) is 0 Å². The number of carbonyl (C=O) groups excluding carboxylic acids is 2. The largest absolute Gasteiger partial charge is 0.355 e. The lowest BCUT2D eigenvalue weighted by atomic mass is 9.74. The van der Waals surface area contributed by atoms with Crippen LogP contribution in [0.3, 0.4) is 0 Å². The second-order valence-corrected chi connectivity index (χ2v) is 15.8. The number of unbranched alkanes of at least 4 members (excludes halogenated alkanes) is 3. The number of amides is 2. The molecule has 2 unspecified atom stereocenters. The van der Waals surface area contributed by atoms with E-state index in [1.54, 1.807) is 0 Å². The summed E-state index contributed by atoms with van der Waals surface area (Å²) in [6.45, 7) is 26.6. The van der Waals surface area contributed by atoms with E-state index in [-0.39, 0.29) is 39.4 Å². The van der Waals surface area contributed by atoms with E-state index in [4.69, 9.17) is 0 Å². The first-order valence-corrected chi connectivity index (χ1v) is 15.5. The predicted molar refractivity (Wildman–Crippen MR) is 166 cm³/mol. The zero-order chi connectivity index (χ0) is 29.5. The van der Waals surface area contributed by atoms with Crippen LogP contribution in [-0.2, 0) is 9.59 Å². The standard InChI is InChI=1S/C35H60N2O2/c1-11-27(24-37-26-35(9,10)29(31(37)39)19-22-32(2,3)4)18-16-14-12-13-15-17-21-33(5,6)23-20-28-30(38)36-25-34(28,7)8/h11,14,16,18,28-29H,1,12-13,15,17,19-26H2,2-10H3,(H,36,38)/b16-14-,27-18+. The molecule has 2 amide bonds. The van der Waals surface area contributed by atoms with Crippen molar-refractivity contribution in [3.05, 3.63) is 36.5 Å². The molecule has 2 atom stereocenters. The van der Waals surface area contributed by atoms with Crippen LogP contribution in [0.25, 0.3) is 0 Å². The summed E-state index contributed by atoms with van der Waals surface area (Å²) in [5.41, 5.74) is 1.73. The number of nitrogens with one attached hydrogen (secondary N) is 1.